The first-order valence-corrected chi connectivity index (χ1v) is 11.0. The number of nitrogens with zero attached hydrogens (tertiary/aromatic N) is 1. The third-order valence-electron chi connectivity index (χ3n) is 6.97. The zero-order chi connectivity index (χ0) is 23.5. The fraction of sp³-hybridized carbons (Fsp3) is 0.480. The van der Waals surface area contributed by atoms with Crippen LogP contribution in [0.2, 0.25) is 0 Å². The monoisotopic (exact) mass is 440 g/mol. The van der Waals surface area contributed by atoms with E-state index in [1.54, 1.807) is 24.3 Å². The van der Waals surface area contributed by atoms with Gasteiger partial charge in [-0.3, -0.25) is 9.78 Å². The van der Waals surface area contributed by atoms with Crippen molar-refractivity contribution in [3.05, 3.63) is 53.3 Å². The van der Waals surface area contributed by atoms with Crippen molar-refractivity contribution in [2.24, 2.45) is 17.3 Å². The lowest BCUT2D eigenvalue weighted by atomic mass is 9.76. The number of phenolic OH excluding ortho intramolecular Hbond substituents is 1. The normalized spacial score (nSPS) is 20.5. The number of hydrogen-bond acceptors (Lipinski definition) is 5. The Morgan fingerprint density at radius 3 is 2.56 bits per heavy atom. The summed E-state index contributed by atoms with van der Waals surface area (Å²) in [7, 11) is 0. The summed E-state index contributed by atoms with van der Waals surface area (Å²) in [5, 5.41) is 22.3. The number of carbonyl (C=O) groups is 2. The van der Waals surface area contributed by atoms with Gasteiger partial charge in [-0.25, -0.2) is 4.79 Å². The van der Waals surface area contributed by atoms with Crippen molar-refractivity contribution in [1.29, 1.82) is 0 Å². The molecule has 3 atom stereocenters. The quantitative estimate of drug-likeness (QED) is 0.575. The van der Waals surface area contributed by atoms with Gasteiger partial charge in [0.05, 0.1) is 6.20 Å². The van der Waals surface area contributed by atoms with Gasteiger partial charge in [0.1, 0.15) is 24.1 Å². The summed E-state index contributed by atoms with van der Waals surface area (Å²) in [4.78, 5) is 28.9. The van der Waals surface area contributed by atoms with Crippen molar-refractivity contribution in [3.63, 3.8) is 0 Å². The molecule has 1 aliphatic carbocycles. The molecule has 3 rings (SSSR count). The minimum absolute atomic E-state index is 0.0859. The molecule has 7 nitrogen and oxygen atoms in total. The Hall–Kier alpha value is -3.09. The molecule has 1 saturated carbocycles. The predicted octanol–water partition coefficient (Wildman–Crippen LogP) is 3.86. The Kier molecular flexibility index (Phi) is 7.06. The van der Waals surface area contributed by atoms with Crippen molar-refractivity contribution < 1.29 is 24.5 Å². The van der Waals surface area contributed by atoms with E-state index < -0.39 is 12.0 Å². The largest absolute Gasteiger partial charge is 0.508 e. The van der Waals surface area contributed by atoms with E-state index in [1.807, 2.05) is 13.0 Å². The van der Waals surface area contributed by atoms with E-state index in [0.29, 0.717) is 22.9 Å². The molecule has 7 heteroatoms. The third kappa shape index (κ3) is 5.21. The van der Waals surface area contributed by atoms with Gasteiger partial charge in [0.2, 0.25) is 5.91 Å². The molecule has 0 bridgehead atoms. The Bertz CT molecular complexity index is 951. The van der Waals surface area contributed by atoms with Crippen LogP contribution in [0.4, 0.5) is 0 Å². The average molecular weight is 441 g/mol. The van der Waals surface area contributed by atoms with E-state index in [-0.39, 0.29) is 36.0 Å². The van der Waals surface area contributed by atoms with Gasteiger partial charge in [-0.1, -0.05) is 32.9 Å². The molecule has 1 amide bonds. The predicted molar refractivity (Wildman–Crippen MR) is 120 cm³/mol. The van der Waals surface area contributed by atoms with E-state index in [0.717, 1.165) is 18.4 Å². The van der Waals surface area contributed by atoms with Crippen LogP contribution in [0.5, 0.6) is 11.5 Å². The lowest BCUT2D eigenvalue weighted by Crippen LogP contribution is -2.47. The molecule has 1 aromatic carbocycles. The van der Waals surface area contributed by atoms with Gasteiger partial charge in [-0.2, -0.15) is 0 Å². The highest BCUT2D eigenvalue weighted by Gasteiger charge is 2.45. The first-order chi connectivity index (χ1) is 15.1. The number of aromatic hydroxyl groups is 1. The topological polar surface area (TPSA) is 109 Å². The minimum Gasteiger partial charge on any atom is -0.508 e. The summed E-state index contributed by atoms with van der Waals surface area (Å²) in [5.41, 5.74) is 2.02. The molecule has 1 heterocycles. The zero-order valence-corrected chi connectivity index (χ0v) is 19.1. The number of carboxylic acid groups (broad SMARTS) is 1. The van der Waals surface area contributed by atoms with Crippen LogP contribution in [-0.4, -0.2) is 33.1 Å². The van der Waals surface area contributed by atoms with Crippen LogP contribution in [-0.2, 0) is 22.6 Å². The van der Waals surface area contributed by atoms with Crippen LogP contribution in [0.1, 0.15) is 50.4 Å². The van der Waals surface area contributed by atoms with Gasteiger partial charge >= 0.3 is 5.97 Å². The van der Waals surface area contributed by atoms with E-state index in [2.05, 4.69) is 31.1 Å². The Morgan fingerprint density at radius 1 is 1.25 bits per heavy atom. The van der Waals surface area contributed by atoms with Crippen molar-refractivity contribution in [2.45, 2.75) is 59.6 Å². The highest BCUT2D eigenvalue weighted by molar-refractivity contribution is 5.85. The minimum atomic E-state index is -1.08. The molecule has 0 saturated heterocycles. The van der Waals surface area contributed by atoms with Crippen LogP contribution in [0.3, 0.4) is 0 Å². The number of amides is 1. The number of ether oxygens (including phenoxy) is 1. The van der Waals surface area contributed by atoms with Crippen molar-refractivity contribution in [2.75, 3.05) is 0 Å². The number of aliphatic carboxylic acids is 1. The Morgan fingerprint density at radius 2 is 2.00 bits per heavy atom. The highest BCUT2D eigenvalue weighted by Crippen LogP contribution is 2.47. The van der Waals surface area contributed by atoms with E-state index in [4.69, 9.17) is 4.74 Å². The van der Waals surface area contributed by atoms with Crippen LogP contribution >= 0.6 is 0 Å². The molecule has 0 radical (unpaired) electrons. The number of benzene rings is 1. The van der Waals surface area contributed by atoms with Gasteiger partial charge in [0.15, 0.2) is 0 Å². The fourth-order valence-corrected chi connectivity index (χ4v) is 4.30. The maximum Gasteiger partial charge on any atom is 0.326 e. The van der Waals surface area contributed by atoms with Crippen molar-refractivity contribution >= 4 is 11.9 Å². The second-order valence-electron chi connectivity index (χ2n) is 9.30. The van der Waals surface area contributed by atoms with Crippen LogP contribution < -0.4 is 10.1 Å². The maximum absolute atomic E-state index is 12.8. The fourth-order valence-electron chi connectivity index (χ4n) is 4.30. The number of nitrogens with one attached hydrogen (secondary N) is 1. The second-order valence-corrected chi connectivity index (χ2v) is 9.30. The van der Waals surface area contributed by atoms with Crippen LogP contribution in [0.15, 0.2) is 36.5 Å². The van der Waals surface area contributed by atoms with Gasteiger partial charge < -0.3 is 20.3 Å². The molecule has 1 fully saturated rings. The van der Waals surface area contributed by atoms with Gasteiger partial charge in [0, 0.05) is 23.6 Å². The molecule has 0 aliphatic heterocycles. The Labute approximate surface area is 188 Å². The molecule has 32 heavy (non-hydrogen) atoms. The lowest BCUT2D eigenvalue weighted by Gasteiger charge is -2.31. The molecule has 172 valence electrons. The van der Waals surface area contributed by atoms with Crippen molar-refractivity contribution in [1.82, 2.24) is 10.3 Å². The van der Waals surface area contributed by atoms with E-state index >= 15 is 0 Å². The lowest BCUT2D eigenvalue weighted by molar-refractivity contribution is -0.143. The first kappa shape index (κ1) is 23.6. The summed E-state index contributed by atoms with van der Waals surface area (Å²) in [6.07, 6.45) is 3.34. The molecule has 2 aromatic rings. The summed E-state index contributed by atoms with van der Waals surface area (Å²) in [6, 6.07) is 7.64. The molecule has 3 N–H and O–H groups in total. The SMILES string of the molecule is Cc1cccc(O)c1COc1ccc(C[C@H](NC(=O)[C@H]2CC[C@H](C)C2(C)C)C(=O)O)nc1. The number of carboxylic acids is 1. The van der Waals surface area contributed by atoms with Crippen LogP contribution in [0.25, 0.3) is 0 Å². The number of hydrogen-bond donors (Lipinski definition) is 3. The first-order valence-electron chi connectivity index (χ1n) is 11.0. The standard InChI is InChI=1S/C25H32N2O5/c1-15-6-5-7-22(28)19(15)14-32-18-10-9-17(26-13-18)12-21(24(30)31)27-23(29)20-11-8-16(2)25(20,3)4/h5-7,9-10,13,16,20-21,28H,8,11-12,14H2,1-4H3,(H,27,29)(H,30,31)/t16-,20+,21-/m0/s1. The third-order valence-corrected chi connectivity index (χ3v) is 6.97. The second kappa shape index (κ2) is 9.59. The van der Waals surface area contributed by atoms with E-state index in [9.17, 15) is 19.8 Å². The summed E-state index contributed by atoms with van der Waals surface area (Å²) >= 11 is 0. The Balaban J connectivity index is 1.61. The van der Waals surface area contributed by atoms with Crippen molar-refractivity contribution in [3.8, 4) is 11.5 Å². The molecule has 1 aromatic heterocycles. The highest BCUT2D eigenvalue weighted by atomic mass is 16.5. The number of aromatic nitrogens is 1. The number of carbonyl (C=O) groups excluding carboxylic acids is 1. The molecule has 1 aliphatic rings. The van der Waals surface area contributed by atoms with Crippen LogP contribution in [0, 0.1) is 24.2 Å². The maximum atomic E-state index is 12.8. The van der Waals surface area contributed by atoms with Gasteiger partial charge in [-0.05, 0) is 54.9 Å². The molecule has 0 spiro atoms. The number of aryl methyl sites for hydroxylation is 1. The molecular weight excluding hydrogens is 408 g/mol. The molecule has 0 unspecified atom stereocenters. The van der Waals surface area contributed by atoms with Gasteiger partial charge in [-0.15, -0.1) is 0 Å². The number of phenols is 1. The smallest absolute Gasteiger partial charge is 0.326 e. The summed E-state index contributed by atoms with van der Waals surface area (Å²) in [6.45, 7) is 8.37. The molecular formula is C25H32N2O5. The zero-order valence-electron chi connectivity index (χ0n) is 19.1. The summed E-state index contributed by atoms with van der Waals surface area (Å²) in [5.74, 6) is -0.383. The van der Waals surface area contributed by atoms with E-state index in [1.165, 1.54) is 6.20 Å². The number of pyridine rings is 1. The number of rotatable bonds is 8. The summed E-state index contributed by atoms with van der Waals surface area (Å²) < 4.78 is 5.72. The van der Waals surface area contributed by atoms with Gasteiger partial charge in [0.25, 0.3) is 0 Å². The average Bonchev–Trinajstić information content (AvgIpc) is 3.00.